The van der Waals surface area contributed by atoms with Crippen LogP contribution in [-0.4, -0.2) is 19.5 Å². The van der Waals surface area contributed by atoms with E-state index in [0.29, 0.717) is 17.5 Å². The van der Waals surface area contributed by atoms with Gasteiger partial charge in [0.25, 0.3) is 0 Å². The second-order valence-corrected chi connectivity index (χ2v) is 13.5. The normalized spacial score (nSPS) is 11.6. The van der Waals surface area contributed by atoms with Crippen molar-refractivity contribution in [3.63, 3.8) is 0 Å². The molecule has 3 heterocycles. The molecule has 10 aromatic rings. The van der Waals surface area contributed by atoms with Crippen LogP contribution in [-0.2, 0) is 0 Å². The van der Waals surface area contributed by atoms with E-state index < -0.39 is 0 Å². The Morgan fingerprint density at radius 2 is 0.960 bits per heavy atom. The maximum Gasteiger partial charge on any atom is 0.164 e. The van der Waals surface area contributed by atoms with Crippen LogP contribution in [0.2, 0.25) is 0 Å². The van der Waals surface area contributed by atoms with Crippen LogP contribution in [0.3, 0.4) is 0 Å². The Bertz CT molecular complexity index is 2800. The molecule has 234 valence electrons. The van der Waals surface area contributed by atoms with Gasteiger partial charge in [0.2, 0.25) is 0 Å². The quantitative estimate of drug-likeness (QED) is 0.185. The number of fused-ring (bicyclic) bond motifs is 6. The summed E-state index contributed by atoms with van der Waals surface area (Å²) in [4.78, 5) is 15.2. The average molecular weight is 657 g/mol. The highest BCUT2D eigenvalue weighted by Crippen LogP contribution is 2.44. The van der Waals surface area contributed by atoms with Crippen molar-refractivity contribution in [2.75, 3.05) is 0 Å². The molecule has 0 aliphatic carbocycles. The molecule has 4 nitrogen and oxygen atoms in total. The van der Waals surface area contributed by atoms with Crippen molar-refractivity contribution < 1.29 is 0 Å². The molecule has 0 radical (unpaired) electrons. The van der Waals surface area contributed by atoms with E-state index >= 15 is 0 Å². The summed E-state index contributed by atoms with van der Waals surface area (Å²) in [5, 5.41) is 4.81. The summed E-state index contributed by atoms with van der Waals surface area (Å²) < 4.78 is 4.98. The van der Waals surface area contributed by atoms with Crippen molar-refractivity contribution in [3.8, 4) is 51.0 Å². The van der Waals surface area contributed by atoms with E-state index in [0.717, 1.165) is 44.2 Å². The molecule has 0 aliphatic heterocycles. The lowest BCUT2D eigenvalue weighted by Gasteiger charge is -2.13. The lowest BCUT2D eigenvalue weighted by molar-refractivity contribution is 1.08. The Morgan fingerprint density at radius 1 is 0.400 bits per heavy atom. The van der Waals surface area contributed by atoms with Gasteiger partial charge in [-0.1, -0.05) is 140 Å². The molecule has 50 heavy (non-hydrogen) atoms. The van der Waals surface area contributed by atoms with Gasteiger partial charge in [-0.2, -0.15) is 0 Å². The summed E-state index contributed by atoms with van der Waals surface area (Å²) in [6.45, 7) is 0. The molecule has 3 aromatic heterocycles. The number of rotatable bonds is 5. The molecule has 0 N–H and O–H groups in total. The lowest BCUT2D eigenvalue weighted by atomic mass is 10.0. The van der Waals surface area contributed by atoms with Crippen molar-refractivity contribution in [3.05, 3.63) is 170 Å². The molecule has 0 saturated carbocycles. The first-order valence-corrected chi connectivity index (χ1v) is 17.5. The molecule has 0 atom stereocenters. The fourth-order valence-electron chi connectivity index (χ4n) is 7.17. The second-order valence-electron chi connectivity index (χ2n) is 12.4. The number of hydrogen-bond donors (Lipinski definition) is 0. The Balaban J connectivity index is 1.29. The topological polar surface area (TPSA) is 43.6 Å². The molecule has 7 aromatic carbocycles. The first-order chi connectivity index (χ1) is 24.8. The zero-order valence-electron chi connectivity index (χ0n) is 26.9. The van der Waals surface area contributed by atoms with E-state index in [2.05, 4.69) is 138 Å². The summed E-state index contributed by atoms with van der Waals surface area (Å²) >= 11 is 1.85. The van der Waals surface area contributed by atoms with Gasteiger partial charge in [-0.3, -0.25) is 0 Å². The standard InChI is InChI=1S/C45H28N4S/c1-4-15-29(16-5-1)32-27-36-33-21-11-13-26-40(33)50-42(36)39(28-32)49-37-24-12-10-22-34(37)41-35(23-14-25-38(41)49)45-47-43(30-17-6-2-7-18-30)46-44(48-45)31-19-8-3-9-20-31/h1-28H. The number of para-hydroxylation sites is 1. The minimum atomic E-state index is 0.649. The Kier molecular flexibility index (Phi) is 6.64. The molecule has 5 heteroatoms. The maximum absolute atomic E-state index is 5.14. The van der Waals surface area contributed by atoms with Gasteiger partial charge in [-0.15, -0.1) is 11.3 Å². The molecular formula is C45H28N4S. The number of aromatic nitrogens is 4. The highest BCUT2D eigenvalue weighted by Gasteiger charge is 2.22. The molecule has 0 aliphatic rings. The molecule has 0 fully saturated rings. The van der Waals surface area contributed by atoms with Crippen molar-refractivity contribution in [1.82, 2.24) is 19.5 Å². The van der Waals surface area contributed by atoms with Gasteiger partial charge in [0.05, 0.1) is 21.4 Å². The fourth-order valence-corrected chi connectivity index (χ4v) is 8.35. The first kappa shape index (κ1) is 28.6. The van der Waals surface area contributed by atoms with Gasteiger partial charge >= 0.3 is 0 Å². The van der Waals surface area contributed by atoms with Crippen LogP contribution in [0.5, 0.6) is 0 Å². The minimum Gasteiger partial charge on any atom is -0.308 e. The van der Waals surface area contributed by atoms with E-state index in [1.165, 1.54) is 31.3 Å². The van der Waals surface area contributed by atoms with Gasteiger partial charge in [0.15, 0.2) is 17.5 Å². The zero-order valence-corrected chi connectivity index (χ0v) is 27.7. The smallest absolute Gasteiger partial charge is 0.164 e. The molecule has 0 saturated heterocycles. The van der Waals surface area contributed by atoms with Crippen LogP contribution >= 0.6 is 11.3 Å². The van der Waals surface area contributed by atoms with Gasteiger partial charge in [-0.25, -0.2) is 15.0 Å². The van der Waals surface area contributed by atoms with E-state index in [1.807, 2.05) is 47.7 Å². The van der Waals surface area contributed by atoms with Gasteiger partial charge in [0.1, 0.15) is 0 Å². The lowest BCUT2D eigenvalue weighted by Crippen LogP contribution is -2.00. The third kappa shape index (κ3) is 4.63. The molecule has 0 amide bonds. The van der Waals surface area contributed by atoms with Crippen LogP contribution in [0.25, 0.3) is 93.0 Å². The largest absolute Gasteiger partial charge is 0.308 e. The molecule has 0 bridgehead atoms. The Morgan fingerprint density at radius 3 is 1.66 bits per heavy atom. The molecular weight excluding hydrogens is 629 g/mol. The van der Waals surface area contributed by atoms with Crippen LogP contribution < -0.4 is 0 Å². The van der Waals surface area contributed by atoms with Crippen molar-refractivity contribution in [1.29, 1.82) is 0 Å². The number of benzene rings is 7. The van der Waals surface area contributed by atoms with Gasteiger partial charge in [-0.05, 0) is 41.5 Å². The third-order valence-corrected chi connectivity index (χ3v) is 10.7. The predicted molar refractivity (Wildman–Crippen MR) is 209 cm³/mol. The summed E-state index contributed by atoms with van der Waals surface area (Å²) in [5.74, 6) is 1.95. The predicted octanol–water partition coefficient (Wildman–Crippen LogP) is 12.0. The van der Waals surface area contributed by atoms with Gasteiger partial charge < -0.3 is 4.57 Å². The average Bonchev–Trinajstić information content (AvgIpc) is 3.74. The monoisotopic (exact) mass is 656 g/mol. The Labute approximate surface area is 292 Å². The van der Waals surface area contributed by atoms with Crippen molar-refractivity contribution in [2.45, 2.75) is 0 Å². The van der Waals surface area contributed by atoms with Crippen LogP contribution in [0.1, 0.15) is 0 Å². The van der Waals surface area contributed by atoms with Crippen LogP contribution in [0.4, 0.5) is 0 Å². The molecule has 0 spiro atoms. The Hall–Kier alpha value is -6.43. The molecule has 10 rings (SSSR count). The number of thiophene rings is 1. The summed E-state index contributed by atoms with van der Waals surface area (Å²) in [6, 6.07) is 59.7. The van der Waals surface area contributed by atoms with Gasteiger partial charge in [0, 0.05) is 42.9 Å². The maximum atomic E-state index is 5.14. The minimum absolute atomic E-state index is 0.649. The van der Waals surface area contributed by atoms with Crippen LogP contribution in [0.15, 0.2) is 170 Å². The fraction of sp³-hybridized carbons (Fsp3) is 0. The summed E-state index contributed by atoms with van der Waals surface area (Å²) in [6.07, 6.45) is 0. The SMILES string of the molecule is c1ccc(-c2cc(-n3c4ccccc4c4c(-c5nc(-c6ccccc6)nc(-c6ccccc6)n5)cccc43)c3sc4ccccc4c3c2)cc1. The van der Waals surface area contributed by atoms with E-state index in [4.69, 9.17) is 15.0 Å². The highest BCUT2D eigenvalue weighted by atomic mass is 32.1. The second kappa shape index (κ2) is 11.6. The zero-order chi connectivity index (χ0) is 33.0. The highest BCUT2D eigenvalue weighted by molar-refractivity contribution is 7.26. The van der Waals surface area contributed by atoms with Crippen molar-refractivity contribution >= 4 is 53.3 Å². The van der Waals surface area contributed by atoms with Crippen molar-refractivity contribution in [2.24, 2.45) is 0 Å². The molecule has 0 unspecified atom stereocenters. The van der Waals surface area contributed by atoms with E-state index in [-0.39, 0.29) is 0 Å². The third-order valence-electron chi connectivity index (χ3n) is 9.44. The summed E-state index contributed by atoms with van der Waals surface area (Å²) in [7, 11) is 0. The number of nitrogens with zero attached hydrogens (tertiary/aromatic N) is 4. The summed E-state index contributed by atoms with van der Waals surface area (Å²) in [5.41, 5.74) is 8.67. The van der Waals surface area contributed by atoms with E-state index in [1.54, 1.807) is 0 Å². The first-order valence-electron chi connectivity index (χ1n) is 16.7. The number of hydrogen-bond acceptors (Lipinski definition) is 4. The van der Waals surface area contributed by atoms with Crippen LogP contribution in [0, 0.1) is 0 Å². The van der Waals surface area contributed by atoms with E-state index in [9.17, 15) is 0 Å².